The number of hydrogen-bond acceptors (Lipinski definition) is 4. The Balaban J connectivity index is 1.98. The minimum atomic E-state index is -3.74. The van der Waals surface area contributed by atoms with Gasteiger partial charge in [0.25, 0.3) is 5.91 Å². The van der Waals surface area contributed by atoms with Crippen LogP contribution in [0.25, 0.3) is 10.9 Å². The van der Waals surface area contributed by atoms with Crippen molar-refractivity contribution < 1.29 is 13.2 Å². The zero-order chi connectivity index (χ0) is 20.5. The number of sulfonamides is 1. The molecule has 146 valence electrons. The van der Waals surface area contributed by atoms with Gasteiger partial charge in [-0.05, 0) is 44.2 Å². The number of nitrogens with zero attached hydrogens (tertiary/aromatic N) is 2. The van der Waals surface area contributed by atoms with Gasteiger partial charge in [0.15, 0.2) is 0 Å². The topological polar surface area (TPSA) is 79.4 Å². The van der Waals surface area contributed by atoms with Crippen LogP contribution in [0.4, 0.5) is 5.69 Å². The molecule has 0 fully saturated rings. The number of fused-ring (bicyclic) bond motifs is 1. The fraction of sp³-hybridized carbons (Fsp3) is 0.200. The average Bonchev–Trinajstić information content (AvgIpc) is 2.67. The minimum Gasteiger partial charge on any atom is -0.320 e. The Kier molecular flexibility index (Phi) is 5.69. The van der Waals surface area contributed by atoms with Gasteiger partial charge in [-0.25, -0.2) is 8.42 Å². The van der Waals surface area contributed by atoms with Gasteiger partial charge in [0.05, 0.1) is 26.7 Å². The number of nitrogens with one attached hydrogen (secondary N) is 1. The first-order chi connectivity index (χ1) is 13.2. The Hall–Kier alpha value is -2.48. The van der Waals surface area contributed by atoms with Crippen molar-refractivity contribution in [3.05, 3.63) is 65.3 Å². The van der Waals surface area contributed by atoms with Crippen LogP contribution >= 0.6 is 11.6 Å². The molecular weight excluding hydrogens is 398 g/mol. The third kappa shape index (κ3) is 3.87. The Labute approximate surface area is 169 Å². The Morgan fingerprint density at radius 3 is 2.57 bits per heavy atom. The monoisotopic (exact) mass is 417 g/mol. The number of benzene rings is 2. The summed E-state index contributed by atoms with van der Waals surface area (Å²) in [7, 11) is -2.24. The van der Waals surface area contributed by atoms with Crippen LogP contribution < -0.4 is 5.32 Å². The Morgan fingerprint density at radius 1 is 1.14 bits per heavy atom. The lowest BCUT2D eigenvalue weighted by Crippen LogP contribution is -2.33. The summed E-state index contributed by atoms with van der Waals surface area (Å²) in [4.78, 5) is 17.1. The quantitative estimate of drug-likeness (QED) is 0.675. The molecule has 3 rings (SSSR count). The van der Waals surface area contributed by atoms with E-state index in [2.05, 4.69) is 10.3 Å². The van der Waals surface area contributed by atoms with E-state index in [0.29, 0.717) is 11.2 Å². The predicted octanol–water partition coefficient (Wildman–Crippen LogP) is 4.17. The van der Waals surface area contributed by atoms with Crippen LogP contribution in [-0.4, -0.2) is 36.7 Å². The summed E-state index contributed by atoms with van der Waals surface area (Å²) < 4.78 is 26.7. The third-order valence-electron chi connectivity index (χ3n) is 4.47. The minimum absolute atomic E-state index is 0.00861. The van der Waals surface area contributed by atoms with E-state index in [9.17, 15) is 13.2 Å². The van der Waals surface area contributed by atoms with E-state index >= 15 is 0 Å². The van der Waals surface area contributed by atoms with Crippen LogP contribution in [0.3, 0.4) is 0 Å². The smallest absolute Gasteiger partial charge is 0.257 e. The van der Waals surface area contributed by atoms with Gasteiger partial charge < -0.3 is 5.32 Å². The van der Waals surface area contributed by atoms with E-state index in [0.717, 1.165) is 5.39 Å². The second-order valence-corrected chi connectivity index (χ2v) is 9.00. The van der Waals surface area contributed by atoms with Gasteiger partial charge in [0, 0.05) is 24.7 Å². The van der Waals surface area contributed by atoms with Crippen LogP contribution in [0.1, 0.15) is 24.2 Å². The second kappa shape index (κ2) is 7.87. The standard InChI is InChI=1S/C20H20ClN3O3S/c1-13(2)24(3)28(26,27)15-9-10-17(21)16(12-15)20(25)23-18-8-4-6-14-7-5-11-22-19(14)18/h4-13H,1-3H3,(H,23,25). The van der Waals surface area contributed by atoms with E-state index in [4.69, 9.17) is 11.6 Å². The highest BCUT2D eigenvalue weighted by Gasteiger charge is 2.25. The van der Waals surface area contributed by atoms with Crippen LogP contribution in [-0.2, 0) is 10.0 Å². The molecule has 0 radical (unpaired) electrons. The van der Waals surface area contributed by atoms with E-state index in [-0.39, 0.29) is 21.5 Å². The number of aromatic nitrogens is 1. The molecule has 28 heavy (non-hydrogen) atoms. The average molecular weight is 418 g/mol. The van der Waals surface area contributed by atoms with Crippen molar-refractivity contribution in [3.8, 4) is 0 Å². The first-order valence-electron chi connectivity index (χ1n) is 8.64. The molecule has 6 nitrogen and oxygen atoms in total. The molecule has 3 aromatic rings. The number of carbonyl (C=O) groups is 1. The summed E-state index contributed by atoms with van der Waals surface area (Å²) in [5.74, 6) is -0.507. The first kappa shape index (κ1) is 20.3. The fourth-order valence-corrected chi connectivity index (χ4v) is 4.28. The molecule has 0 spiro atoms. The SMILES string of the molecule is CC(C)N(C)S(=O)(=O)c1ccc(Cl)c(C(=O)Nc2cccc3cccnc23)c1. The molecule has 1 N–H and O–H groups in total. The molecule has 0 saturated carbocycles. The summed E-state index contributed by atoms with van der Waals surface area (Å²) in [6.45, 7) is 3.54. The van der Waals surface area contributed by atoms with Gasteiger partial charge in [0.2, 0.25) is 10.0 Å². The van der Waals surface area contributed by atoms with Crippen LogP contribution in [0.2, 0.25) is 5.02 Å². The van der Waals surface area contributed by atoms with Crippen LogP contribution in [0.15, 0.2) is 59.6 Å². The van der Waals surface area contributed by atoms with E-state index in [1.54, 1.807) is 32.2 Å². The molecule has 1 amide bonds. The van der Waals surface area contributed by atoms with E-state index in [1.807, 2.05) is 18.2 Å². The highest BCUT2D eigenvalue weighted by Crippen LogP contribution is 2.26. The van der Waals surface area contributed by atoms with Crippen molar-refractivity contribution in [2.75, 3.05) is 12.4 Å². The maximum Gasteiger partial charge on any atom is 0.257 e. The predicted molar refractivity (Wildman–Crippen MR) is 111 cm³/mol. The van der Waals surface area contributed by atoms with Crippen molar-refractivity contribution in [2.24, 2.45) is 0 Å². The number of halogens is 1. The zero-order valence-corrected chi connectivity index (χ0v) is 17.3. The molecule has 2 aromatic carbocycles. The normalized spacial score (nSPS) is 11.9. The van der Waals surface area contributed by atoms with Crippen molar-refractivity contribution in [2.45, 2.75) is 24.8 Å². The molecule has 1 heterocycles. The van der Waals surface area contributed by atoms with Crippen LogP contribution in [0, 0.1) is 0 Å². The highest BCUT2D eigenvalue weighted by molar-refractivity contribution is 7.89. The summed E-state index contributed by atoms with van der Waals surface area (Å²) in [5, 5.41) is 3.82. The van der Waals surface area contributed by atoms with E-state index < -0.39 is 15.9 Å². The number of para-hydroxylation sites is 1. The van der Waals surface area contributed by atoms with E-state index in [1.165, 1.54) is 29.6 Å². The van der Waals surface area contributed by atoms with Gasteiger partial charge >= 0.3 is 0 Å². The Morgan fingerprint density at radius 2 is 1.86 bits per heavy atom. The van der Waals surface area contributed by atoms with Crippen molar-refractivity contribution in [3.63, 3.8) is 0 Å². The number of anilines is 1. The zero-order valence-electron chi connectivity index (χ0n) is 15.7. The molecule has 0 unspecified atom stereocenters. The summed E-state index contributed by atoms with van der Waals surface area (Å²) >= 11 is 6.18. The molecule has 1 aromatic heterocycles. The molecule has 0 aliphatic rings. The van der Waals surface area contributed by atoms with Gasteiger partial charge in [-0.3, -0.25) is 9.78 Å². The van der Waals surface area contributed by atoms with Crippen molar-refractivity contribution in [1.82, 2.24) is 9.29 Å². The second-order valence-electron chi connectivity index (χ2n) is 6.59. The number of rotatable bonds is 5. The summed E-state index contributed by atoms with van der Waals surface area (Å²) in [6, 6.07) is 13.0. The number of carbonyl (C=O) groups excluding carboxylic acids is 1. The molecule has 8 heteroatoms. The van der Waals surface area contributed by atoms with Gasteiger partial charge in [-0.15, -0.1) is 0 Å². The maximum atomic E-state index is 12.8. The Bertz CT molecular complexity index is 1140. The molecule has 0 atom stereocenters. The summed E-state index contributed by atoms with van der Waals surface area (Å²) in [5.41, 5.74) is 1.23. The van der Waals surface area contributed by atoms with Gasteiger partial charge in [-0.1, -0.05) is 29.8 Å². The van der Waals surface area contributed by atoms with Crippen molar-refractivity contribution in [1.29, 1.82) is 0 Å². The van der Waals surface area contributed by atoms with Crippen LogP contribution in [0.5, 0.6) is 0 Å². The summed E-state index contributed by atoms with van der Waals surface area (Å²) in [6.07, 6.45) is 1.64. The number of hydrogen-bond donors (Lipinski definition) is 1. The maximum absolute atomic E-state index is 12.8. The molecule has 0 aliphatic heterocycles. The molecular formula is C20H20ClN3O3S. The molecule has 0 bridgehead atoms. The molecule has 0 saturated heterocycles. The van der Waals surface area contributed by atoms with Gasteiger partial charge in [0.1, 0.15) is 0 Å². The third-order valence-corrected chi connectivity index (χ3v) is 6.83. The lowest BCUT2D eigenvalue weighted by Gasteiger charge is -2.21. The number of pyridine rings is 1. The highest BCUT2D eigenvalue weighted by atomic mass is 35.5. The fourth-order valence-electron chi connectivity index (χ4n) is 2.68. The molecule has 0 aliphatic carbocycles. The largest absolute Gasteiger partial charge is 0.320 e. The lowest BCUT2D eigenvalue weighted by molar-refractivity contribution is 0.102. The lowest BCUT2D eigenvalue weighted by atomic mass is 10.1. The number of amides is 1. The first-order valence-corrected chi connectivity index (χ1v) is 10.5. The van der Waals surface area contributed by atoms with Gasteiger partial charge in [-0.2, -0.15) is 4.31 Å². The van der Waals surface area contributed by atoms with Crippen molar-refractivity contribution >= 4 is 44.1 Å².